The van der Waals surface area contributed by atoms with Crippen LogP contribution in [0.2, 0.25) is 5.02 Å². The van der Waals surface area contributed by atoms with Crippen molar-refractivity contribution in [1.29, 1.82) is 0 Å². The molecule has 0 aliphatic rings. The number of H-pyrrole nitrogens is 1. The van der Waals surface area contributed by atoms with Gasteiger partial charge in [0.1, 0.15) is 0 Å². The van der Waals surface area contributed by atoms with Crippen LogP contribution in [0.25, 0.3) is 22.2 Å². The average molecular weight is 359 g/mol. The number of para-hydroxylation sites is 1. The molecule has 0 atom stereocenters. The molecule has 3 rings (SSSR count). The van der Waals surface area contributed by atoms with Gasteiger partial charge >= 0.3 is 0 Å². The lowest BCUT2D eigenvalue weighted by molar-refractivity contribution is 0.356. The highest BCUT2D eigenvalue weighted by molar-refractivity contribution is 6.31. The lowest BCUT2D eigenvalue weighted by Crippen LogP contribution is -2.00. The fourth-order valence-electron chi connectivity index (χ4n) is 3.24. The van der Waals surface area contributed by atoms with E-state index >= 15 is 0 Å². The number of aromatic nitrogens is 1. The van der Waals surface area contributed by atoms with Gasteiger partial charge in [-0.2, -0.15) is 0 Å². The van der Waals surface area contributed by atoms with E-state index in [9.17, 15) is 0 Å². The Labute approximate surface area is 152 Å². The Bertz CT molecular complexity index is 874. The molecule has 132 valence electrons. The third kappa shape index (κ3) is 3.46. The van der Waals surface area contributed by atoms with Gasteiger partial charge in [-0.25, -0.2) is 0 Å². The number of halogens is 1. The number of fused-ring (bicyclic) bond motifs is 1. The van der Waals surface area contributed by atoms with E-state index in [1.54, 1.807) is 14.2 Å². The highest BCUT2D eigenvalue weighted by atomic mass is 35.5. The maximum atomic E-state index is 6.23. The number of aryl methyl sites for hydroxylation is 1. The molecule has 0 bridgehead atoms. The van der Waals surface area contributed by atoms with E-state index in [0.29, 0.717) is 12.3 Å². The third-order valence-electron chi connectivity index (χ3n) is 4.42. The van der Waals surface area contributed by atoms with Gasteiger partial charge in [0, 0.05) is 21.5 Å². The van der Waals surface area contributed by atoms with E-state index < -0.39 is 0 Å². The minimum absolute atomic E-state index is 0.695. The van der Waals surface area contributed by atoms with E-state index in [0.717, 1.165) is 52.2 Å². The zero-order valence-electron chi connectivity index (χ0n) is 14.6. The van der Waals surface area contributed by atoms with Gasteiger partial charge in [-0.05, 0) is 61.7 Å². The Balaban J connectivity index is 2.20. The van der Waals surface area contributed by atoms with Crippen molar-refractivity contribution in [1.82, 2.24) is 4.98 Å². The molecule has 0 fully saturated rings. The van der Waals surface area contributed by atoms with Crippen molar-refractivity contribution in [3.63, 3.8) is 0 Å². The zero-order chi connectivity index (χ0) is 17.8. The maximum Gasteiger partial charge on any atom is 0.170 e. The lowest BCUT2D eigenvalue weighted by Gasteiger charge is -2.13. The maximum absolute atomic E-state index is 6.23. The predicted molar refractivity (Wildman–Crippen MR) is 104 cm³/mol. The summed E-state index contributed by atoms with van der Waals surface area (Å²) >= 11 is 6.23. The van der Waals surface area contributed by atoms with Crippen molar-refractivity contribution in [2.75, 3.05) is 20.8 Å². The summed E-state index contributed by atoms with van der Waals surface area (Å²) in [5.74, 6) is 1.44. The molecule has 0 aliphatic carbocycles. The highest BCUT2D eigenvalue weighted by Gasteiger charge is 2.18. The monoisotopic (exact) mass is 358 g/mol. The van der Waals surface area contributed by atoms with Crippen LogP contribution < -0.4 is 15.2 Å². The lowest BCUT2D eigenvalue weighted by atomic mass is 9.99. The summed E-state index contributed by atoms with van der Waals surface area (Å²) in [5, 5.41) is 1.88. The van der Waals surface area contributed by atoms with Gasteiger partial charge in [-0.15, -0.1) is 0 Å². The molecule has 0 spiro atoms. The van der Waals surface area contributed by atoms with Crippen LogP contribution in [0.1, 0.15) is 18.4 Å². The van der Waals surface area contributed by atoms with Gasteiger partial charge in [0.15, 0.2) is 11.5 Å². The van der Waals surface area contributed by atoms with Crippen LogP contribution in [0.5, 0.6) is 11.5 Å². The van der Waals surface area contributed by atoms with Crippen LogP contribution in [0.4, 0.5) is 0 Å². The van der Waals surface area contributed by atoms with Gasteiger partial charge in [-0.1, -0.05) is 17.7 Å². The molecule has 0 amide bonds. The highest BCUT2D eigenvalue weighted by Crippen LogP contribution is 2.41. The molecule has 1 aromatic heterocycles. The van der Waals surface area contributed by atoms with Crippen molar-refractivity contribution in [3.05, 3.63) is 47.0 Å². The Hall–Kier alpha value is -2.17. The summed E-state index contributed by atoms with van der Waals surface area (Å²) < 4.78 is 11.1. The van der Waals surface area contributed by atoms with Crippen molar-refractivity contribution in [2.24, 2.45) is 5.73 Å². The molecule has 3 aromatic rings. The average Bonchev–Trinajstić information content (AvgIpc) is 2.98. The number of hydrogen-bond donors (Lipinski definition) is 2. The summed E-state index contributed by atoms with van der Waals surface area (Å²) in [6.45, 7) is 0.695. The molecule has 0 saturated carbocycles. The van der Waals surface area contributed by atoms with Gasteiger partial charge in [0.05, 0.1) is 19.9 Å². The quantitative estimate of drug-likeness (QED) is 0.597. The molecule has 25 heavy (non-hydrogen) atoms. The summed E-state index contributed by atoms with van der Waals surface area (Å²) in [6, 6.07) is 11.8. The topological polar surface area (TPSA) is 60.3 Å². The summed E-state index contributed by atoms with van der Waals surface area (Å²) in [7, 11) is 3.31. The number of rotatable bonds is 7. The molecule has 0 aliphatic heterocycles. The molecule has 0 saturated heterocycles. The fourth-order valence-corrected chi connectivity index (χ4v) is 3.41. The standard InChI is InChI=1S/C20H23ClN2O2/c1-24-18-8-5-7-15(20(18)25-2)19-14(6-3-4-11-22)16-12-13(21)9-10-17(16)23-19/h5,7-10,12,23H,3-4,6,11,22H2,1-2H3. The van der Waals surface area contributed by atoms with Crippen LogP contribution in [-0.2, 0) is 6.42 Å². The number of benzene rings is 2. The number of unbranched alkanes of at least 4 members (excludes halogenated alkanes) is 1. The number of nitrogens with one attached hydrogen (secondary N) is 1. The number of ether oxygens (including phenoxy) is 2. The first kappa shape index (κ1) is 17.6. The molecule has 0 radical (unpaired) electrons. The molecular formula is C20H23ClN2O2. The molecule has 0 unspecified atom stereocenters. The molecule has 1 heterocycles. The third-order valence-corrected chi connectivity index (χ3v) is 4.66. The van der Waals surface area contributed by atoms with Gasteiger partial charge in [0.2, 0.25) is 0 Å². The van der Waals surface area contributed by atoms with E-state index in [4.69, 9.17) is 26.8 Å². The van der Waals surface area contributed by atoms with E-state index in [-0.39, 0.29) is 0 Å². The van der Waals surface area contributed by atoms with Gasteiger partial charge < -0.3 is 20.2 Å². The summed E-state index contributed by atoms with van der Waals surface area (Å²) in [4.78, 5) is 3.54. The molecule has 4 nitrogen and oxygen atoms in total. The minimum Gasteiger partial charge on any atom is -0.493 e. The van der Waals surface area contributed by atoms with Crippen molar-refractivity contribution >= 4 is 22.5 Å². The van der Waals surface area contributed by atoms with E-state index in [2.05, 4.69) is 4.98 Å². The second-order valence-corrected chi connectivity index (χ2v) is 6.39. The van der Waals surface area contributed by atoms with Gasteiger partial charge in [0.25, 0.3) is 0 Å². The Morgan fingerprint density at radius 1 is 1.08 bits per heavy atom. The molecular weight excluding hydrogens is 336 g/mol. The summed E-state index contributed by atoms with van der Waals surface area (Å²) in [5.41, 5.74) is 10.00. The van der Waals surface area contributed by atoms with E-state index in [1.165, 1.54) is 5.56 Å². The first-order valence-electron chi connectivity index (χ1n) is 8.41. The molecule has 2 aromatic carbocycles. The van der Waals surface area contributed by atoms with Crippen molar-refractivity contribution in [3.8, 4) is 22.8 Å². The Kier molecular flexibility index (Phi) is 5.51. The number of methoxy groups -OCH3 is 2. The first-order valence-corrected chi connectivity index (χ1v) is 8.79. The number of hydrogen-bond acceptors (Lipinski definition) is 3. The van der Waals surface area contributed by atoms with Crippen molar-refractivity contribution < 1.29 is 9.47 Å². The molecule has 3 N–H and O–H groups in total. The van der Waals surface area contributed by atoms with Crippen LogP contribution in [0.3, 0.4) is 0 Å². The van der Waals surface area contributed by atoms with Crippen LogP contribution in [0.15, 0.2) is 36.4 Å². The predicted octanol–water partition coefficient (Wildman–Crippen LogP) is 4.79. The Morgan fingerprint density at radius 3 is 2.64 bits per heavy atom. The van der Waals surface area contributed by atoms with E-state index in [1.807, 2.05) is 36.4 Å². The largest absolute Gasteiger partial charge is 0.493 e. The fraction of sp³-hybridized carbons (Fsp3) is 0.300. The SMILES string of the molecule is COc1cccc(-c2[nH]c3ccc(Cl)cc3c2CCCCN)c1OC. The van der Waals surface area contributed by atoms with Gasteiger partial charge in [-0.3, -0.25) is 0 Å². The normalized spacial score (nSPS) is 11.0. The second kappa shape index (κ2) is 7.81. The smallest absolute Gasteiger partial charge is 0.170 e. The number of nitrogens with two attached hydrogens (primary N) is 1. The first-order chi connectivity index (χ1) is 12.2. The number of aromatic amines is 1. The zero-order valence-corrected chi connectivity index (χ0v) is 15.3. The van der Waals surface area contributed by atoms with Crippen molar-refractivity contribution in [2.45, 2.75) is 19.3 Å². The Morgan fingerprint density at radius 2 is 1.92 bits per heavy atom. The minimum atomic E-state index is 0.695. The molecule has 5 heteroatoms. The second-order valence-electron chi connectivity index (χ2n) is 5.96. The van der Waals surface area contributed by atoms with Crippen LogP contribution in [-0.4, -0.2) is 25.7 Å². The van der Waals surface area contributed by atoms with Crippen LogP contribution >= 0.6 is 11.6 Å². The van der Waals surface area contributed by atoms with Crippen LogP contribution in [0, 0.1) is 0 Å². The summed E-state index contributed by atoms with van der Waals surface area (Å²) in [6.07, 6.45) is 2.93.